The van der Waals surface area contributed by atoms with E-state index < -0.39 is 22.8 Å². The first kappa shape index (κ1) is 13.7. The van der Waals surface area contributed by atoms with Crippen LogP contribution in [0.1, 0.15) is 10.4 Å². The number of hydrogen-bond acceptors (Lipinski definition) is 3. The highest BCUT2D eigenvalue weighted by Crippen LogP contribution is 2.18. The predicted octanol–water partition coefficient (Wildman–Crippen LogP) is 1.61. The Balaban J connectivity index is 2.08. The van der Waals surface area contributed by atoms with Crippen LogP contribution in [-0.4, -0.2) is 16.1 Å². The molecular weight excluding hydrogens is 289 g/mol. The van der Waals surface area contributed by atoms with Gasteiger partial charge in [-0.05, 0) is 30.3 Å². The van der Waals surface area contributed by atoms with E-state index >= 15 is 0 Å². The van der Waals surface area contributed by atoms with Gasteiger partial charge in [-0.2, -0.15) is 0 Å². The average Bonchev–Trinajstić information content (AvgIpc) is 2.51. The maximum Gasteiger partial charge on any atom is 0.272 e. The van der Waals surface area contributed by atoms with E-state index in [2.05, 4.69) is 15.5 Å². The summed E-state index contributed by atoms with van der Waals surface area (Å²) in [6, 6.07) is 9.66. The van der Waals surface area contributed by atoms with Gasteiger partial charge in [0.1, 0.15) is 5.82 Å². The van der Waals surface area contributed by atoms with Crippen molar-refractivity contribution in [2.45, 2.75) is 0 Å². The highest BCUT2D eigenvalue weighted by Gasteiger charge is 2.12. The summed E-state index contributed by atoms with van der Waals surface area (Å²) >= 11 is 0. The second kappa shape index (κ2) is 5.28. The number of fused-ring (bicyclic) bond motifs is 1. The van der Waals surface area contributed by atoms with Gasteiger partial charge in [0.2, 0.25) is 0 Å². The van der Waals surface area contributed by atoms with Crippen molar-refractivity contribution >= 4 is 22.4 Å². The lowest BCUT2D eigenvalue weighted by molar-refractivity contribution is 0.102. The molecule has 2 aromatic carbocycles. The van der Waals surface area contributed by atoms with Gasteiger partial charge < -0.3 is 5.32 Å². The summed E-state index contributed by atoms with van der Waals surface area (Å²) in [6.45, 7) is 0. The molecule has 6 nitrogen and oxygen atoms in total. The Morgan fingerprint density at radius 3 is 2.50 bits per heavy atom. The first-order chi connectivity index (χ1) is 10.6. The third-order valence-electron chi connectivity index (χ3n) is 3.16. The third-order valence-corrected chi connectivity index (χ3v) is 3.16. The summed E-state index contributed by atoms with van der Waals surface area (Å²) in [5.41, 5.74) is -0.724. The molecule has 0 aliphatic rings. The van der Waals surface area contributed by atoms with Crippen LogP contribution in [0, 0.1) is 5.82 Å². The molecule has 0 aliphatic heterocycles. The molecule has 1 aromatic heterocycles. The zero-order valence-electron chi connectivity index (χ0n) is 11.1. The molecule has 3 N–H and O–H groups in total. The molecule has 0 bridgehead atoms. The molecule has 1 amide bonds. The van der Waals surface area contributed by atoms with Crippen LogP contribution >= 0.6 is 0 Å². The molecule has 3 rings (SSSR count). The number of aromatic amines is 2. The molecule has 0 atom stereocenters. The number of carbonyl (C=O) groups is 1. The zero-order valence-corrected chi connectivity index (χ0v) is 11.1. The van der Waals surface area contributed by atoms with Crippen LogP contribution in [-0.2, 0) is 0 Å². The lowest BCUT2D eigenvalue weighted by atomic mass is 10.1. The third kappa shape index (κ3) is 2.39. The van der Waals surface area contributed by atoms with E-state index in [4.69, 9.17) is 0 Å². The summed E-state index contributed by atoms with van der Waals surface area (Å²) in [5, 5.41) is 7.14. The molecule has 0 unspecified atom stereocenters. The molecule has 22 heavy (non-hydrogen) atoms. The number of rotatable bonds is 2. The van der Waals surface area contributed by atoms with Crippen LogP contribution in [0.2, 0.25) is 0 Å². The van der Waals surface area contributed by atoms with Crippen LogP contribution in [0.4, 0.5) is 10.1 Å². The molecule has 0 radical (unpaired) electrons. The largest absolute Gasteiger partial charge is 0.321 e. The number of hydrogen-bond donors (Lipinski definition) is 3. The predicted molar refractivity (Wildman–Crippen MR) is 79.5 cm³/mol. The second-order valence-corrected chi connectivity index (χ2v) is 4.60. The lowest BCUT2D eigenvalue weighted by Gasteiger charge is -2.07. The smallest absolute Gasteiger partial charge is 0.272 e. The Hall–Kier alpha value is -3.22. The molecule has 0 saturated carbocycles. The fourth-order valence-corrected chi connectivity index (χ4v) is 2.16. The number of halogens is 1. The van der Waals surface area contributed by atoms with Crippen LogP contribution in [0.3, 0.4) is 0 Å². The van der Waals surface area contributed by atoms with Crippen LogP contribution in [0.5, 0.6) is 0 Å². The monoisotopic (exact) mass is 299 g/mol. The number of H-pyrrole nitrogens is 2. The van der Waals surface area contributed by atoms with Crippen molar-refractivity contribution in [3.63, 3.8) is 0 Å². The Morgan fingerprint density at radius 1 is 1.00 bits per heavy atom. The van der Waals surface area contributed by atoms with Crippen molar-refractivity contribution in [3.8, 4) is 0 Å². The van der Waals surface area contributed by atoms with Gasteiger partial charge in [0.15, 0.2) is 0 Å². The number of aromatic nitrogens is 2. The second-order valence-electron chi connectivity index (χ2n) is 4.60. The fraction of sp³-hybridized carbons (Fsp3) is 0. The van der Waals surface area contributed by atoms with E-state index in [9.17, 15) is 18.8 Å². The standard InChI is InChI=1S/C15H10FN3O3/c16-9-4-1-3-8(7-9)13(20)17-11-6-2-5-10-12(11)15(22)19-18-14(10)21/h1-7H,(H,17,20)(H,18,21)(H,19,22). The van der Waals surface area contributed by atoms with Gasteiger partial charge in [0.25, 0.3) is 17.0 Å². The highest BCUT2D eigenvalue weighted by atomic mass is 19.1. The molecule has 0 aliphatic carbocycles. The normalized spacial score (nSPS) is 10.6. The van der Waals surface area contributed by atoms with Gasteiger partial charge in [-0.3, -0.25) is 24.6 Å². The van der Waals surface area contributed by atoms with Crippen molar-refractivity contribution in [3.05, 3.63) is 74.6 Å². The molecule has 110 valence electrons. The molecule has 1 heterocycles. The van der Waals surface area contributed by atoms with Crippen LogP contribution in [0.25, 0.3) is 10.8 Å². The molecule has 3 aromatic rings. The molecule has 0 saturated heterocycles. The highest BCUT2D eigenvalue weighted by molar-refractivity contribution is 6.08. The van der Waals surface area contributed by atoms with E-state index in [1.807, 2.05) is 0 Å². The van der Waals surface area contributed by atoms with Crippen molar-refractivity contribution < 1.29 is 9.18 Å². The Morgan fingerprint density at radius 2 is 1.73 bits per heavy atom. The van der Waals surface area contributed by atoms with Crippen molar-refractivity contribution in [2.75, 3.05) is 5.32 Å². The van der Waals surface area contributed by atoms with E-state index in [1.165, 1.54) is 36.4 Å². The SMILES string of the molecule is O=C(Nc1cccc2c(=O)[nH][nH]c(=O)c12)c1cccc(F)c1. The van der Waals surface area contributed by atoms with Crippen molar-refractivity contribution in [2.24, 2.45) is 0 Å². The summed E-state index contributed by atoms with van der Waals surface area (Å²) in [5.74, 6) is -1.12. The van der Waals surface area contributed by atoms with E-state index in [1.54, 1.807) is 0 Å². The summed E-state index contributed by atoms with van der Waals surface area (Å²) in [7, 11) is 0. The number of carbonyl (C=O) groups excluding carboxylic acids is 1. The number of anilines is 1. The molecule has 7 heteroatoms. The Labute approximate surface area is 122 Å². The van der Waals surface area contributed by atoms with Gasteiger partial charge in [-0.1, -0.05) is 12.1 Å². The minimum atomic E-state index is -0.577. The molecule has 0 spiro atoms. The van der Waals surface area contributed by atoms with E-state index in [0.29, 0.717) is 0 Å². The lowest BCUT2D eigenvalue weighted by Crippen LogP contribution is -2.21. The minimum absolute atomic E-state index is 0.0657. The molecule has 0 fully saturated rings. The molecular formula is C15H10FN3O3. The number of nitrogens with one attached hydrogen (secondary N) is 3. The van der Waals surface area contributed by atoms with Gasteiger partial charge in [-0.25, -0.2) is 4.39 Å². The first-order valence-electron chi connectivity index (χ1n) is 6.37. The first-order valence-corrected chi connectivity index (χ1v) is 6.37. The maximum absolute atomic E-state index is 13.2. The van der Waals surface area contributed by atoms with Crippen LogP contribution in [0.15, 0.2) is 52.1 Å². The Kier molecular flexibility index (Phi) is 3.30. The van der Waals surface area contributed by atoms with Gasteiger partial charge in [0, 0.05) is 5.56 Å². The number of benzene rings is 2. The number of amides is 1. The Bertz CT molecular complexity index is 991. The van der Waals surface area contributed by atoms with Gasteiger partial charge in [-0.15, -0.1) is 0 Å². The van der Waals surface area contributed by atoms with Crippen molar-refractivity contribution in [1.29, 1.82) is 0 Å². The fourth-order valence-electron chi connectivity index (χ4n) is 2.16. The van der Waals surface area contributed by atoms with Gasteiger partial charge in [0.05, 0.1) is 16.5 Å². The maximum atomic E-state index is 13.2. The van der Waals surface area contributed by atoms with Gasteiger partial charge >= 0.3 is 0 Å². The van der Waals surface area contributed by atoms with E-state index in [0.717, 1.165) is 6.07 Å². The average molecular weight is 299 g/mol. The zero-order chi connectivity index (χ0) is 15.7. The summed E-state index contributed by atoms with van der Waals surface area (Å²) in [4.78, 5) is 35.7. The van der Waals surface area contributed by atoms with Crippen molar-refractivity contribution in [1.82, 2.24) is 10.2 Å². The van der Waals surface area contributed by atoms with Crippen LogP contribution < -0.4 is 16.4 Å². The summed E-state index contributed by atoms with van der Waals surface area (Å²) < 4.78 is 13.2. The topological polar surface area (TPSA) is 94.8 Å². The minimum Gasteiger partial charge on any atom is -0.321 e. The summed E-state index contributed by atoms with van der Waals surface area (Å²) in [6.07, 6.45) is 0. The quantitative estimate of drug-likeness (QED) is 0.671. The van der Waals surface area contributed by atoms with E-state index in [-0.39, 0.29) is 22.0 Å².